The third-order valence-electron chi connectivity index (χ3n) is 6.81. The van der Waals surface area contributed by atoms with E-state index >= 15 is 0 Å². The molecule has 230 valence electrons. The quantitative estimate of drug-likeness (QED) is 0.0956. The molecule has 0 saturated heterocycles. The van der Waals surface area contributed by atoms with Gasteiger partial charge in [0.1, 0.15) is 16.7 Å². The lowest BCUT2D eigenvalue weighted by atomic mass is 10.1. The molecule has 46 heavy (non-hydrogen) atoms. The minimum atomic E-state index is -0.530. The molecule has 0 aromatic heterocycles. The maximum Gasteiger partial charge on any atom is 0.272 e. The van der Waals surface area contributed by atoms with E-state index in [2.05, 4.69) is 31.9 Å². The summed E-state index contributed by atoms with van der Waals surface area (Å²) in [5, 5.41) is 8.11. The van der Waals surface area contributed by atoms with Crippen molar-refractivity contribution in [3.05, 3.63) is 160 Å². The average Bonchev–Trinajstić information content (AvgIpc) is 3.09. The molecule has 3 N–H and O–H groups in total. The number of para-hydroxylation sites is 2. The van der Waals surface area contributed by atoms with Gasteiger partial charge in [-0.1, -0.05) is 78.9 Å². The van der Waals surface area contributed by atoms with E-state index in [0.717, 1.165) is 14.9 Å². The molecule has 0 aliphatic rings. The highest BCUT2D eigenvalue weighted by Crippen LogP contribution is 2.37. The highest BCUT2D eigenvalue weighted by Gasteiger charge is 2.23. The number of nitrogens with one attached hydrogen (secondary N) is 3. The molecule has 9 heteroatoms. The van der Waals surface area contributed by atoms with Gasteiger partial charge in [-0.05, 0) is 82.2 Å². The number of amides is 3. The number of hydrogen-bond donors (Lipinski definition) is 3. The lowest BCUT2D eigenvalue weighted by Crippen LogP contribution is -2.30. The van der Waals surface area contributed by atoms with Crippen LogP contribution < -0.4 is 20.7 Å². The molecule has 0 heterocycles. The van der Waals surface area contributed by atoms with E-state index < -0.39 is 17.1 Å². The van der Waals surface area contributed by atoms with Gasteiger partial charge in [0.15, 0.2) is 0 Å². The fourth-order valence-electron chi connectivity index (χ4n) is 4.50. The molecule has 5 aromatic rings. The van der Waals surface area contributed by atoms with Gasteiger partial charge in [-0.15, -0.1) is 11.8 Å². The molecule has 7 nitrogen and oxygen atoms in total. The minimum absolute atomic E-state index is 0.0460. The number of hydrogen-bond acceptors (Lipinski definition) is 5. The molecule has 0 fully saturated rings. The van der Waals surface area contributed by atoms with Crippen LogP contribution in [0.2, 0.25) is 0 Å². The number of rotatable bonds is 11. The molecule has 0 saturated carbocycles. The lowest BCUT2D eigenvalue weighted by Gasteiger charge is -2.18. The van der Waals surface area contributed by atoms with Gasteiger partial charge in [0, 0.05) is 26.2 Å². The molecular formula is C37H30BrN3O4S. The van der Waals surface area contributed by atoms with E-state index in [1.165, 1.54) is 11.8 Å². The second kappa shape index (κ2) is 15.7. The topological polar surface area (TPSA) is 96.5 Å². The van der Waals surface area contributed by atoms with E-state index in [1.54, 1.807) is 61.7 Å². The summed E-state index contributed by atoms with van der Waals surface area (Å²) in [6.45, 7) is 0. The van der Waals surface area contributed by atoms with E-state index in [1.807, 2.05) is 84.9 Å². The first-order chi connectivity index (χ1) is 22.4. The highest BCUT2D eigenvalue weighted by molar-refractivity contribution is 9.10. The summed E-state index contributed by atoms with van der Waals surface area (Å²) in [7, 11) is 1.54. The summed E-state index contributed by atoms with van der Waals surface area (Å²) in [5.74, 6) is -0.539. The molecule has 0 radical (unpaired) electrons. The van der Waals surface area contributed by atoms with E-state index in [4.69, 9.17) is 4.74 Å². The van der Waals surface area contributed by atoms with Crippen LogP contribution in [0.15, 0.2) is 149 Å². The predicted octanol–water partition coefficient (Wildman–Crippen LogP) is 8.34. The predicted molar refractivity (Wildman–Crippen MR) is 188 cm³/mol. The molecule has 0 aliphatic carbocycles. The number of carbonyl (C=O) groups excluding carboxylic acids is 3. The second-order valence-corrected chi connectivity index (χ2v) is 12.0. The molecular weight excluding hydrogens is 662 g/mol. The van der Waals surface area contributed by atoms with Gasteiger partial charge in [-0.25, -0.2) is 0 Å². The Balaban J connectivity index is 1.34. The Morgan fingerprint density at radius 2 is 1.37 bits per heavy atom. The van der Waals surface area contributed by atoms with Crippen LogP contribution in [0.1, 0.15) is 26.7 Å². The SMILES string of the molecule is COc1ccccc1/C=C(\NC(=O)c1ccccc1)C(=O)Nc1ccc(SC(C(=O)Nc2ccccc2Br)c2ccccc2)cc1. The second-order valence-electron chi connectivity index (χ2n) is 9.98. The van der Waals surface area contributed by atoms with Gasteiger partial charge in [0.25, 0.3) is 11.8 Å². The summed E-state index contributed by atoms with van der Waals surface area (Å²) in [6.07, 6.45) is 1.58. The standard InChI is InChI=1S/C37H30BrN3O4S/c1-45-33-19-11-8-16-27(33)24-32(41-35(42)26-14-6-3-7-15-26)36(43)39-28-20-22-29(23-21-28)46-34(25-12-4-2-5-13-25)37(44)40-31-18-10-9-17-30(31)38/h2-24,34H,1H3,(H,39,43)(H,40,44)(H,41,42)/b32-24-. The van der Waals surface area contributed by atoms with E-state index in [-0.39, 0.29) is 11.6 Å². The van der Waals surface area contributed by atoms with Crippen molar-refractivity contribution in [3.8, 4) is 5.75 Å². The zero-order valence-electron chi connectivity index (χ0n) is 24.8. The molecule has 3 amide bonds. The maximum absolute atomic E-state index is 13.5. The van der Waals surface area contributed by atoms with E-state index in [0.29, 0.717) is 28.3 Å². The van der Waals surface area contributed by atoms with Crippen molar-refractivity contribution in [2.75, 3.05) is 17.7 Å². The summed E-state index contributed by atoms with van der Waals surface area (Å²) < 4.78 is 6.24. The molecule has 0 bridgehead atoms. The number of ether oxygens (including phenoxy) is 1. The number of thioether (sulfide) groups is 1. The van der Waals surface area contributed by atoms with Crippen LogP contribution in [-0.4, -0.2) is 24.8 Å². The fraction of sp³-hybridized carbons (Fsp3) is 0.0541. The van der Waals surface area contributed by atoms with Crippen molar-refractivity contribution in [1.29, 1.82) is 0 Å². The van der Waals surface area contributed by atoms with Gasteiger partial charge in [0.2, 0.25) is 5.91 Å². The van der Waals surface area contributed by atoms with Crippen LogP contribution >= 0.6 is 27.7 Å². The molecule has 0 aliphatic heterocycles. The number of carbonyl (C=O) groups is 3. The Morgan fingerprint density at radius 1 is 0.739 bits per heavy atom. The van der Waals surface area contributed by atoms with Crippen molar-refractivity contribution in [2.24, 2.45) is 0 Å². The minimum Gasteiger partial charge on any atom is -0.496 e. The van der Waals surface area contributed by atoms with Gasteiger partial charge < -0.3 is 20.7 Å². The average molecular weight is 693 g/mol. The fourth-order valence-corrected chi connectivity index (χ4v) is 5.91. The Kier molecular flexibility index (Phi) is 11.0. The normalized spacial score (nSPS) is 11.7. The van der Waals surface area contributed by atoms with E-state index in [9.17, 15) is 14.4 Å². The third-order valence-corrected chi connectivity index (χ3v) is 8.76. The van der Waals surface area contributed by atoms with Crippen LogP contribution in [0.4, 0.5) is 11.4 Å². The monoisotopic (exact) mass is 691 g/mol. The van der Waals surface area contributed by atoms with Crippen LogP contribution in [0, 0.1) is 0 Å². The summed E-state index contributed by atoms with van der Waals surface area (Å²) in [4.78, 5) is 40.8. The molecule has 5 rings (SSSR count). The first kappa shape index (κ1) is 32.3. The Labute approximate surface area is 280 Å². The van der Waals surface area contributed by atoms with Crippen LogP contribution in [0.3, 0.4) is 0 Å². The highest BCUT2D eigenvalue weighted by atomic mass is 79.9. The molecule has 1 unspecified atom stereocenters. The van der Waals surface area contributed by atoms with Crippen molar-refractivity contribution in [3.63, 3.8) is 0 Å². The zero-order chi connectivity index (χ0) is 32.3. The number of benzene rings is 5. The van der Waals surface area contributed by atoms with Crippen LogP contribution in [0.5, 0.6) is 5.75 Å². The first-order valence-corrected chi connectivity index (χ1v) is 16.0. The van der Waals surface area contributed by atoms with Crippen molar-refractivity contribution in [2.45, 2.75) is 10.1 Å². The molecule has 0 spiro atoms. The third kappa shape index (κ3) is 8.53. The van der Waals surface area contributed by atoms with Gasteiger partial charge in [-0.3, -0.25) is 14.4 Å². The Hall–Kier alpha value is -5.12. The zero-order valence-corrected chi connectivity index (χ0v) is 27.2. The van der Waals surface area contributed by atoms with Crippen LogP contribution in [-0.2, 0) is 9.59 Å². The summed E-state index contributed by atoms with van der Waals surface area (Å²) in [5.41, 5.74) is 3.15. The Morgan fingerprint density at radius 3 is 2.07 bits per heavy atom. The summed E-state index contributed by atoms with van der Waals surface area (Å²) >= 11 is 4.89. The van der Waals surface area contributed by atoms with Gasteiger partial charge in [0.05, 0.1) is 12.8 Å². The lowest BCUT2D eigenvalue weighted by molar-refractivity contribution is -0.116. The number of anilines is 2. The maximum atomic E-state index is 13.5. The molecule has 5 aromatic carbocycles. The Bertz CT molecular complexity index is 1850. The van der Waals surface area contributed by atoms with Gasteiger partial charge >= 0.3 is 0 Å². The smallest absolute Gasteiger partial charge is 0.272 e. The van der Waals surface area contributed by atoms with Crippen molar-refractivity contribution < 1.29 is 19.1 Å². The van der Waals surface area contributed by atoms with Gasteiger partial charge in [-0.2, -0.15) is 0 Å². The summed E-state index contributed by atoms with van der Waals surface area (Å²) in [6, 6.07) is 40.1. The largest absolute Gasteiger partial charge is 0.496 e. The van der Waals surface area contributed by atoms with Crippen molar-refractivity contribution in [1.82, 2.24) is 5.32 Å². The molecule has 1 atom stereocenters. The number of halogens is 1. The van der Waals surface area contributed by atoms with Crippen LogP contribution in [0.25, 0.3) is 6.08 Å². The first-order valence-electron chi connectivity index (χ1n) is 14.3. The van der Waals surface area contributed by atoms with Crippen molar-refractivity contribution >= 4 is 62.9 Å². The number of methoxy groups -OCH3 is 1.